The van der Waals surface area contributed by atoms with Crippen LogP contribution in [0.3, 0.4) is 0 Å². The molecule has 0 amide bonds. The molecule has 3 aromatic rings. The molecule has 0 bridgehead atoms. The zero-order chi connectivity index (χ0) is 19.3. The highest BCUT2D eigenvalue weighted by molar-refractivity contribution is 7.89. The molecule has 2 heterocycles. The smallest absolute Gasteiger partial charge is 0.258 e. The Bertz CT molecular complexity index is 1220. The van der Waals surface area contributed by atoms with Crippen LogP contribution < -0.4 is 15.6 Å². The van der Waals surface area contributed by atoms with Gasteiger partial charge in [-0.1, -0.05) is 11.6 Å². The van der Waals surface area contributed by atoms with Crippen molar-refractivity contribution in [2.45, 2.75) is 30.8 Å². The first-order chi connectivity index (χ1) is 12.7. The average molecular weight is 405 g/mol. The van der Waals surface area contributed by atoms with Gasteiger partial charge < -0.3 is 9.88 Å². The van der Waals surface area contributed by atoms with Crippen molar-refractivity contribution in [1.82, 2.24) is 9.97 Å². The third-order valence-electron chi connectivity index (χ3n) is 4.77. The molecule has 1 atom stereocenters. The third kappa shape index (κ3) is 3.31. The first-order valence-electron chi connectivity index (χ1n) is 8.33. The molecule has 0 saturated heterocycles. The number of hydrogen-bond donors (Lipinski definition) is 2. The predicted octanol–water partition coefficient (Wildman–Crippen LogP) is 2.18. The Morgan fingerprint density at radius 3 is 2.81 bits per heavy atom. The molecule has 7 nitrogen and oxygen atoms in total. The van der Waals surface area contributed by atoms with Gasteiger partial charge >= 0.3 is 0 Å². The maximum atomic E-state index is 12.3. The molecule has 0 spiro atoms. The largest absolute Gasteiger partial charge is 0.361 e. The second-order valence-electron chi connectivity index (χ2n) is 6.69. The summed E-state index contributed by atoms with van der Waals surface area (Å²) in [5, 5.41) is 6.22. The Hall–Kier alpha value is -2.42. The number of H-pyrrole nitrogens is 1. The maximum Gasteiger partial charge on any atom is 0.258 e. The molecule has 1 aliphatic rings. The Morgan fingerprint density at radius 2 is 2.07 bits per heavy atom. The van der Waals surface area contributed by atoms with Crippen LogP contribution in [0.4, 0.5) is 5.69 Å². The minimum Gasteiger partial charge on any atom is -0.361 e. The van der Waals surface area contributed by atoms with Crippen LogP contribution in [0.1, 0.15) is 18.3 Å². The van der Waals surface area contributed by atoms with Crippen molar-refractivity contribution in [3.63, 3.8) is 0 Å². The molecule has 1 aromatic heterocycles. The third-order valence-corrected chi connectivity index (χ3v) is 5.92. The van der Waals surface area contributed by atoms with Crippen LogP contribution in [0.2, 0.25) is 5.02 Å². The van der Waals surface area contributed by atoms with Crippen LogP contribution >= 0.6 is 11.6 Å². The summed E-state index contributed by atoms with van der Waals surface area (Å²) >= 11 is 6.01. The van der Waals surface area contributed by atoms with Gasteiger partial charge in [-0.15, -0.1) is 0 Å². The highest BCUT2D eigenvalue weighted by Gasteiger charge is 2.28. The molecule has 0 aliphatic carbocycles. The summed E-state index contributed by atoms with van der Waals surface area (Å²) in [6, 6.07) is 9.94. The summed E-state index contributed by atoms with van der Waals surface area (Å²) < 4.78 is 23.2. The van der Waals surface area contributed by atoms with Crippen LogP contribution in [0.5, 0.6) is 0 Å². The van der Waals surface area contributed by atoms with Gasteiger partial charge in [0.1, 0.15) is 5.82 Å². The molecule has 4 rings (SSSR count). The van der Waals surface area contributed by atoms with Crippen LogP contribution in [0, 0.1) is 0 Å². The average Bonchev–Trinajstić information content (AvgIpc) is 2.88. The molecule has 1 aliphatic heterocycles. The highest BCUT2D eigenvalue weighted by Crippen LogP contribution is 2.34. The zero-order valence-electron chi connectivity index (χ0n) is 14.4. The summed E-state index contributed by atoms with van der Waals surface area (Å²) in [6.07, 6.45) is 0.683. The van der Waals surface area contributed by atoms with Gasteiger partial charge in [0, 0.05) is 16.8 Å². The van der Waals surface area contributed by atoms with Crippen molar-refractivity contribution >= 4 is 38.2 Å². The van der Waals surface area contributed by atoms with Crippen LogP contribution in [-0.2, 0) is 23.0 Å². The van der Waals surface area contributed by atoms with E-state index in [1.165, 1.54) is 6.07 Å². The summed E-state index contributed by atoms with van der Waals surface area (Å²) in [4.78, 5) is 21.9. The molecule has 2 aromatic carbocycles. The summed E-state index contributed by atoms with van der Waals surface area (Å²) in [7, 11) is -3.74. The van der Waals surface area contributed by atoms with Crippen molar-refractivity contribution in [2.24, 2.45) is 5.14 Å². The quantitative estimate of drug-likeness (QED) is 0.695. The Kier molecular flexibility index (Phi) is 4.21. The van der Waals surface area contributed by atoms with Crippen LogP contribution in [0.25, 0.3) is 10.9 Å². The van der Waals surface area contributed by atoms with E-state index in [-0.39, 0.29) is 16.5 Å². The van der Waals surface area contributed by atoms with E-state index in [1.54, 1.807) is 30.3 Å². The lowest BCUT2D eigenvalue weighted by Gasteiger charge is -2.24. The normalized spacial score (nSPS) is 16.7. The fraction of sp³-hybridized carbons (Fsp3) is 0.222. The van der Waals surface area contributed by atoms with E-state index in [4.69, 9.17) is 16.7 Å². The Balaban J connectivity index is 1.72. The molecule has 0 radical (unpaired) electrons. The molecular formula is C18H17ClN4O3S. The summed E-state index contributed by atoms with van der Waals surface area (Å²) in [5.74, 6) is 0.519. The number of aromatic amines is 1. The fourth-order valence-corrected chi connectivity index (χ4v) is 4.22. The van der Waals surface area contributed by atoms with E-state index in [2.05, 4.69) is 14.9 Å². The van der Waals surface area contributed by atoms with E-state index in [1.807, 2.05) is 6.92 Å². The van der Waals surface area contributed by atoms with E-state index in [9.17, 15) is 13.2 Å². The maximum absolute atomic E-state index is 12.3. The molecule has 140 valence electrons. The number of primary sulfonamides is 1. The van der Waals surface area contributed by atoms with E-state index in [0.717, 1.165) is 11.3 Å². The molecule has 3 N–H and O–H groups in total. The minimum atomic E-state index is -3.74. The number of nitrogens with two attached hydrogens (primary N) is 1. The Morgan fingerprint density at radius 1 is 1.30 bits per heavy atom. The van der Waals surface area contributed by atoms with E-state index >= 15 is 0 Å². The molecule has 0 fully saturated rings. The van der Waals surface area contributed by atoms with Crippen LogP contribution in [-0.4, -0.2) is 24.4 Å². The lowest BCUT2D eigenvalue weighted by molar-refractivity contribution is 0.597. The molecule has 1 unspecified atom stereocenters. The topological polar surface area (TPSA) is 109 Å². The predicted molar refractivity (Wildman–Crippen MR) is 105 cm³/mol. The van der Waals surface area contributed by atoms with Gasteiger partial charge in [0.05, 0.1) is 22.3 Å². The number of anilines is 1. The van der Waals surface area contributed by atoms with Crippen molar-refractivity contribution in [1.29, 1.82) is 0 Å². The van der Waals surface area contributed by atoms with E-state index < -0.39 is 10.0 Å². The molecular weight excluding hydrogens is 388 g/mol. The lowest BCUT2D eigenvalue weighted by atomic mass is 10.1. The van der Waals surface area contributed by atoms with Crippen molar-refractivity contribution in [2.75, 3.05) is 4.90 Å². The highest BCUT2D eigenvalue weighted by atomic mass is 35.5. The summed E-state index contributed by atoms with van der Waals surface area (Å²) in [5.41, 5.74) is 2.13. The number of nitrogens with zero attached hydrogens (tertiary/aromatic N) is 2. The number of sulfonamides is 1. The number of halogens is 1. The first kappa shape index (κ1) is 18.0. The number of rotatable bonds is 3. The van der Waals surface area contributed by atoms with Crippen molar-refractivity contribution in [3.05, 3.63) is 63.2 Å². The van der Waals surface area contributed by atoms with Gasteiger partial charge in [-0.2, -0.15) is 0 Å². The lowest BCUT2D eigenvalue weighted by Crippen LogP contribution is -2.30. The number of hydrogen-bond acceptors (Lipinski definition) is 5. The first-order valence-corrected chi connectivity index (χ1v) is 10.3. The van der Waals surface area contributed by atoms with Gasteiger partial charge in [0.15, 0.2) is 0 Å². The SMILES string of the molecule is CC1Cc2cc(S(N)(=O)=O)ccc2N1Cc1nc2cc(Cl)ccc2c(=O)[nH]1. The molecule has 9 heteroatoms. The van der Waals surface area contributed by atoms with Gasteiger partial charge in [0.25, 0.3) is 5.56 Å². The second-order valence-corrected chi connectivity index (χ2v) is 8.69. The minimum absolute atomic E-state index is 0.0992. The van der Waals surface area contributed by atoms with Gasteiger partial charge in [0.2, 0.25) is 10.0 Å². The number of nitrogens with one attached hydrogen (secondary N) is 1. The number of fused-ring (bicyclic) bond motifs is 2. The number of benzene rings is 2. The van der Waals surface area contributed by atoms with Gasteiger partial charge in [-0.25, -0.2) is 18.5 Å². The zero-order valence-corrected chi connectivity index (χ0v) is 16.0. The monoisotopic (exact) mass is 404 g/mol. The van der Waals surface area contributed by atoms with Gasteiger partial charge in [-0.05, 0) is 55.3 Å². The second kappa shape index (κ2) is 6.33. The number of aromatic nitrogens is 2. The van der Waals surface area contributed by atoms with Crippen molar-refractivity contribution in [3.8, 4) is 0 Å². The molecule has 27 heavy (non-hydrogen) atoms. The van der Waals surface area contributed by atoms with E-state index in [0.29, 0.717) is 34.7 Å². The standard InChI is InChI=1S/C18H17ClN4O3S/c1-10-6-11-7-13(27(20,25)26)3-5-16(11)23(10)9-17-21-15-8-12(19)2-4-14(15)18(24)22-17/h2-5,7-8,10H,6,9H2,1H3,(H2,20,25,26)(H,21,22,24). The van der Waals surface area contributed by atoms with Crippen LogP contribution in [0.15, 0.2) is 46.1 Å². The Labute approximate surface area is 160 Å². The van der Waals surface area contributed by atoms with Gasteiger partial charge in [-0.3, -0.25) is 4.79 Å². The summed E-state index contributed by atoms with van der Waals surface area (Å²) in [6.45, 7) is 2.42. The van der Waals surface area contributed by atoms with Crippen molar-refractivity contribution < 1.29 is 8.42 Å². The molecule has 0 saturated carbocycles. The fourth-order valence-electron chi connectivity index (χ4n) is 3.49.